The summed E-state index contributed by atoms with van der Waals surface area (Å²) in [5.74, 6) is 0.941. The Balaban J connectivity index is 1.26. The van der Waals surface area contributed by atoms with E-state index in [0.29, 0.717) is 24.1 Å². The lowest BCUT2D eigenvalue weighted by Gasteiger charge is -2.39. The monoisotopic (exact) mass is 507 g/mol. The lowest BCUT2D eigenvalue weighted by Crippen LogP contribution is -2.60. The van der Waals surface area contributed by atoms with Crippen molar-refractivity contribution in [1.82, 2.24) is 15.2 Å². The third-order valence-electron chi connectivity index (χ3n) is 6.45. The quantitative estimate of drug-likeness (QED) is 0.227. The molecule has 5 N–H and O–H groups in total. The van der Waals surface area contributed by atoms with Crippen LogP contribution in [0.25, 0.3) is 11.0 Å². The standard InChI is InChI=1S/C27H29N3O7/c31-14-20-22(32)23(33)24(34)27(36-20)37-26-21-18(12-13-28-25(21)29-30-26)9-6-16-7-10-19(11-8-16)35-15-17-4-2-1-3-5-17/h1-5,7-8,10-13,20,22-24,27,31-34H,6,9,14-15H2,(H,28,29,30)/t20-,22-,23+,24-,27+/m1/s1. The molecule has 0 bridgehead atoms. The largest absolute Gasteiger partial charge is 0.489 e. The molecule has 0 radical (unpaired) electrons. The van der Waals surface area contributed by atoms with Crippen LogP contribution in [0.5, 0.6) is 11.6 Å². The van der Waals surface area contributed by atoms with Crippen LogP contribution in [0.3, 0.4) is 0 Å². The summed E-state index contributed by atoms with van der Waals surface area (Å²) >= 11 is 0. The van der Waals surface area contributed by atoms with Crippen LogP contribution >= 0.6 is 0 Å². The van der Waals surface area contributed by atoms with Gasteiger partial charge in [0, 0.05) is 6.20 Å². The van der Waals surface area contributed by atoms with E-state index in [1.807, 2.05) is 60.7 Å². The lowest BCUT2D eigenvalue weighted by atomic mass is 9.99. The number of aryl methyl sites for hydroxylation is 2. The van der Waals surface area contributed by atoms with Crippen molar-refractivity contribution in [2.75, 3.05) is 6.61 Å². The Morgan fingerprint density at radius 1 is 0.865 bits per heavy atom. The fraction of sp³-hybridized carbons (Fsp3) is 0.333. The molecule has 1 aliphatic heterocycles. The summed E-state index contributed by atoms with van der Waals surface area (Å²) in [7, 11) is 0. The van der Waals surface area contributed by atoms with Crippen LogP contribution in [0.2, 0.25) is 0 Å². The molecular formula is C27H29N3O7. The minimum absolute atomic E-state index is 0.145. The molecule has 0 aliphatic carbocycles. The van der Waals surface area contributed by atoms with E-state index in [4.69, 9.17) is 14.2 Å². The van der Waals surface area contributed by atoms with E-state index in [2.05, 4.69) is 15.2 Å². The third kappa shape index (κ3) is 5.58. The Labute approximate surface area is 213 Å². The van der Waals surface area contributed by atoms with Crippen molar-refractivity contribution in [1.29, 1.82) is 0 Å². The molecule has 0 spiro atoms. The first kappa shape index (κ1) is 25.1. The van der Waals surface area contributed by atoms with Gasteiger partial charge >= 0.3 is 0 Å². The van der Waals surface area contributed by atoms with Crippen LogP contribution in [0.4, 0.5) is 0 Å². The SMILES string of the molecule is OC[C@H]1O[C@@H](Oc2n[nH]c3nccc(CCc4ccc(OCc5ccccc5)cc4)c23)[C@H](O)[C@@H](O)[C@@H]1O. The number of benzene rings is 2. The second-order valence-corrected chi connectivity index (χ2v) is 8.96. The van der Waals surface area contributed by atoms with Crippen LogP contribution in [0.1, 0.15) is 16.7 Å². The molecule has 194 valence electrons. The predicted molar refractivity (Wildman–Crippen MR) is 133 cm³/mol. The minimum Gasteiger partial charge on any atom is -0.489 e. The first-order valence-electron chi connectivity index (χ1n) is 12.1. The van der Waals surface area contributed by atoms with Crippen LogP contribution in [0.15, 0.2) is 66.9 Å². The van der Waals surface area contributed by atoms with Gasteiger partial charge in [-0.25, -0.2) is 4.98 Å². The molecule has 1 fully saturated rings. The normalized spacial score (nSPS) is 23.7. The number of ether oxygens (including phenoxy) is 3. The zero-order chi connectivity index (χ0) is 25.8. The number of rotatable bonds is 9. The number of pyridine rings is 1. The molecule has 2 aromatic heterocycles. The molecule has 2 aromatic carbocycles. The predicted octanol–water partition coefficient (Wildman–Crippen LogP) is 1.50. The Hall–Kier alpha value is -3.54. The van der Waals surface area contributed by atoms with E-state index in [0.717, 1.165) is 28.9 Å². The van der Waals surface area contributed by atoms with E-state index in [9.17, 15) is 20.4 Å². The van der Waals surface area contributed by atoms with Gasteiger partial charge < -0.3 is 34.6 Å². The highest BCUT2D eigenvalue weighted by atomic mass is 16.7. The number of aliphatic hydroxyl groups excluding tert-OH is 4. The van der Waals surface area contributed by atoms with Gasteiger partial charge in [0.05, 0.1) is 12.0 Å². The zero-order valence-electron chi connectivity index (χ0n) is 20.0. The van der Waals surface area contributed by atoms with Gasteiger partial charge in [-0.05, 0) is 47.7 Å². The van der Waals surface area contributed by atoms with Gasteiger partial charge in [0.15, 0.2) is 5.65 Å². The van der Waals surface area contributed by atoms with Crippen LogP contribution < -0.4 is 9.47 Å². The van der Waals surface area contributed by atoms with Crippen molar-refractivity contribution in [2.24, 2.45) is 0 Å². The Bertz CT molecular complexity index is 1300. The molecule has 0 saturated carbocycles. The molecule has 5 rings (SSSR count). The topological polar surface area (TPSA) is 150 Å². The number of fused-ring (bicyclic) bond motifs is 1. The summed E-state index contributed by atoms with van der Waals surface area (Å²) in [4.78, 5) is 4.30. The summed E-state index contributed by atoms with van der Waals surface area (Å²) in [6, 6.07) is 19.8. The molecule has 10 heteroatoms. The van der Waals surface area contributed by atoms with Gasteiger partial charge in [-0.15, -0.1) is 5.10 Å². The summed E-state index contributed by atoms with van der Waals surface area (Å²) in [6.07, 6.45) is -3.89. The van der Waals surface area contributed by atoms with Gasteiger partial charge in [-0.1, -0.05) is 42.5 Å². The maximum absolute atomic E-state index is 10.3. The first-order valence-corrected chi connectivity index (χ1v) is 12.1. The smallest absolute Gasteiger partial charge is 0.244 e. The number of hydrogen-bond acceptors (Lipinski definition) is 9. The van der Waals surface area contributed by atoms with Crippen molar-refractivity contribution >= 4 is 11.0 Å². The Kier molecular flexibility index (Phi) is 7.63. The van der Waals surface area contributed by atoms with Crippen molar-refractivity contribution in [3.05, 3.63) is 83.6 Å². The molecule has 10 nitrogen and oxygen atoms in total. The average molecular weight is 508 g/mol. The lowest BCUT2D eigenvalue weighted by molar-refractivity contribution is -0.277. The molecule has 3 heterocycles. The van der Waals surface area contributed by atoms with Crippen molar-refractivity contribution in [3.8, 4) is 11.6 Å². The Morgan fingerprint density at radius 2 is 1.65 bits per heavy atom. The first-order chi connectivity index (χ1) is 18.0. The van der Waals surface area contributed by atoms with Crippen molar-refractivity contribution in [3.63, 3.8) is 0 Å². The molecule has 4 aromatic rings. The number of H-pyrrole nitrogens is 1. The highest BCUT2D eigenvalue weighted by Crippen LogP contribution is 2.30. The van der Waals surface area contributed by atoms with E-state index < -0.39 is 37.3 Å². The number of hydrogen-bond donors (Lipinski definition) is 5. The fourth-order valence-corrected chi connectivity index (χ4v) is 4.33. The average Bonchev–Trinajstić information content (AvgIpc) is 3.35. The summed E-state index contributed by atoms with van der Waals surface area (Å²) in [5, 5.41) is 47.4. The third-order valence-corrected chi connectivity index (χ3v) is 6.45. The summed E-state index contributed by atoms with van der Waals surface area (Å²) < 4.78 is 17.1. The maximum Gasteiger partial charge on any atom is 0.244 e. The molecular weight excluding hydrogens is 478 g/mol. The highest BCUT2D eigenvalue weighted by molar-refractivity contribution is 5.84. The highest BCUT2D eigenvalue weighted by Gasteiger charge is 2.45. The Morgan fingerprint density at radius 3 is 2.41 bits per heavy atom. The molecule has 1 aliphatic rings. The van der Waals surface area contributed by atoms with E-state index in [1.165, 1.54) is 0 Å². The number of aromatic amines is 1. The number of nitrogens with one attached hydrogen (secondary N) is 1. The van der Waals surface area contributed by atoms with E-state index in [-0.39, 0.29) is 5.88 Å². The summed E-state index contributed by atoms with van der Waals surface area (Å²) in [5.41, 5.74) is 3.65. The van der Waals surface area contributed by atoms with Crippen molar-refractivity contribution < 1.29 is 34.6 Å². The van der Waals surface area contributed by atoms with Gasteiger partial charge in [-0.2, -0.15) is 0 Å². The molecule has 1 saturated heterocycles. The van der Waals surface area contributed by atoms with Gasteiger partial charge in [0.1, 0.15) is 36.8 Å². The van der Waals surface area contributed by atoms with Gasteiger partial charge in [0.25, 0.3) is 0 Å². The number of nitrogens with zero attached hydrogens (tertiary/aromatic N) is 2. The van der Waals surface area contributed by atoms with E-state index >= 15 is 0 Å². The fourth-order valence-electron chi connectivity index (χ4n) is 4.33. The zero-order valence-corrected chi connectivity index (χ0v) is 20.0. The number of aromatic nitrogens is 3. The minimum atomic E-state index is -1.54. The van der Waals surface area contributed by atoms with Crippen LogP contribution in [0, 0.1) is 0 Å². The van der Waals surface area contributed by atoms with Gasteiger partial charge in [0.2, 0.25) is 12.2 Å². The van der Waals surface area contributed by atoms with Crippen LogP contribution in [-0.2, 0) is 24.2 Å². The summed E-state index contributed by atoms with van der Waals surface area (Å²) in [6.45, 7) is -0.0398. The second kappa shape index (κ2) is 11.2. The molecule has 0 amide bonds. The second-order valence-electron chi connectivity index (χ2n) is 8.96. The maximum atomic E-state index is 10.3. The van der Waals surface area contributed by atoms with Gasteiger partial charge in [-0.3, -0.25) is 5.10 Å². The molecule has 37 heavy (non-hydrogen) atoms. The van der Waals surface area contributed by atoms with E-state index in [1.54, 1.807) is 6.20 Å². The molecule has 5 atom stereocenters. The number of aliphatic hydroxyl groups is 4. The molecule has 0 unspecified atom stereocenters. The van der Waals surface area contributed by atoms with Crippen LogP contribution in [-0.4, -0.2) is 72.9 Å². The van der Waals surface area contributed by atoms with Crippen molar-refractivity contribution in [2.45, 2.75) is 50.2 Å².